The van der Waals surface area contributed by atoms with Gasteiger partial charge in [-0.1, -0.05) is 42.6 Å². The highest BCUT2D eigenvalue weighted by Gasteiger charge is 2.19. The lowest BCUT2D eigenvalue weighted by Crippen LogP contribution is -2.09. The van der Waals surface area contributed by atoms with Crippen LogP contribution in [0.4, 0.5) is 4.39 Å². The lowest BCUT2D eigenvalue weighted by Gasteiger charge is -2.24. The van der Waals surface area contributed by atoms with E-state index in [0.717, 1.165) is 0 Å². The average molecular weight is 208 g/mol. The van der Waals surface area contributed by atoms with Crippen molar-refractivity contribution in [1.82, 2.24) is 0 Å². The maximum atomic E-state index is 12.4. The summed E-state index contributed by atoms with van der Waals surface area (Å²) in [6.07, 6.45) is 14.3. The van der Waals surface area contributed by atoms with Gasteiger partial charge in [-0.15, -0.1) is 0 Å². The molecular formula is C14H21F. The monoisotopic (exact) mass is 208 g/mol. The predicted molar refractivity (Wildman–Crippen MR) is 62.6 cm³/mol. The second-order valence-electron chi connectivity index (χ2n) is 4.86. The molecule has 1 heteroatoms. The normalized spacial score (nSPS) is 27.1. The molecule has 1 unspecified atom stereocenters. The molecule has 2 aliphatic carbocycles. The summed E-state index contributed by atoms with van der Waals surface area (Å²) in [4.78, 5) is 0. The minimum absolute atomic E-state index is 0.189. The van der Waals surface area contributed by atoms with Crippen LogP contribution in [0, 0.1) is 5.92 Å². The smallest absolute Gasteiger partial charge is 0.0931 e. The van der Waals surface area contributed by atoms with Crippen LogP contribution in [-0.2, 0) is 0 Å². The molecule has 2 rings (SSSR count). The van der Waals surface area contributed by atoms with Crippen LogP contribution in [0.15, 0.2) is 23.3 Å². The summed E-state index contributed by atoms with van der Waals surface area (Å²) in [6.45, 7) is -0.189. The van der Waals surface area contributed by atoms with Gasteiger partial charge in [0.2, 0.25) is 0 Å². The Kier molecular flexibility index (Phi) is 3.99. The third-order valence-electron chi connectivity index (χ3n) is 3.75. The maximum absolute atomic E-state index is 12.4. The molecule has 84 valence electrons. The Labute approximate surface area is 92.3 Å². The lowest BCUT2D eigenvalue weighted by atomic mass is 9.82. The fraction of sp³-hybridized carbons (Fsp3) is 0.714. The van der Waals surface area contributed by atoms with Gasteiger partial charge < -0.3 is 0 Å². The van der Waals surface area contributed by atoms with Crippen LogP contribution in [-0.4, -0.2) is 6.67 Å². The summed E-state index contributed by atoms with van der Waals surface area (Å²) < 4.78 is 12.4. The molecule has 2 bridgehead atoms. The molecule has 0 aromatic heterocycles. The highest BCUT2D eigenvalue weighted by atomic mass is 19.1. The van der Waals surface area contributed by atoms with Crippen LogP contribution in [0.25, 0.3) is 0 Å². The molecule has 0 aromatic rings. The molecule has 15 heavy (non-hydrogen) atoms. The number of allylic oxidation sites excluding steroid dienone is 4. The number of fused-ring (bicyclic) bond motifs is 2. The molecule has 1 atom stereocenters. The number of rotatable bonds is 2. The van der Waals surface area contributed by atoms with E-state index in [1.807, 2.05) is 0 Å². The summed E-state index contributed by atoms with van der Waals surface area (Å²) in [5.41, 5.74) is 2.97. The minimum atomic E-state index is -0.189. The van der Waals surface area contributed by atoms with E-state index in [1.165, 1.54) is 50.5 Å². The summed E-state index contributed by atoms with van der Waals surface area (Å²) in [5.74, 6) is 0.666. The molecule has 1 fully saturated rings. The molecule has 0 heterocycles. The van der Waals surface area contributed by atoms with Crippen LogP contribution in [0.3, 0.4) is 0 Å². The molecular weight excluding hydrogens is 187 g/mol. The summed E-state index contributed by atoms with van der Waals surface area (Å²) in [7, 11) is 0. The van der Waals surface area contributed by atoms with Gasteiger partial charge >= 0.3 is 0 Å². The zero-order valence-electron chi connectivity index (χ0n) is 9.47. The van der Waals surface area contributed by atoms with Gasteiger partial charge in [-0.2, -0.15) is 0 Å². The number of halogens is 1. The Bertz CT molecular complexity index is 263. The quantitative estimate of drug-likeness (QED) is 0.623. The Hall–Kier alpha value is -0.590. The first-order chi connectivity index (χ1) is 7.40. The van der Waals surface area contributed by atoms with Gasteiger partial charge in [0.25, 0.3) is 0 Å². The molecule has 0 amide bonds. The standard InChI is InChI=1S/C14H21F/c15-10-9-13-8-7-12-5-3-1-2-4-6-14(13)11-12/h7-8,14H,1-6,9-11H2. The van der Waals surface area contributed by atoms with Crippen molar-refractivity contribution in [3.8, 4) is 0 Å². The Morgan fingerprint density at radius 3 is 2.87 bits per heavy atom. The van der Waals surface area contributed by atoms with Crippen molar-refractivity contribution >= 4 is 0 Å². The van der Waals surface area contributed by atoms with Crippen LogP contribution >= 0.6 is 0 Å². The van der Waals surface area contributed by atoms with E-state index in [9.17, 15) is 4.39 Å². The van der Waals surface area contributed by atoms with Crippen LogP contribution in [0.5, 0.6) is 0 Å². The van der Waals surface area contributed by atoms with Crippen molar-refractivity contribution < 1.29 is 4.39 Å². The van der Waals surface area contributed by atoms with Gasteiger partial charge in [-0.05, 0) is 38.0 Å². The first-order valence-corrected chi connectivity index (χ1v) is 6.34. The van der Waals surface area contributed by atoms with E-state index >= 15 is 0 Å². The fourth-order valence-corrected chi connectivity index (χ4v) is 2.84. The molecule has 0 aliphatic heterocycles. The number of hydrogen-bond acceptors (Lipinski definition) is 0. The highest BCUT2D eigenvalue weighted by Crippen LogP contribution is 2.35. The van der Waals surface area contributed by atoms with Crippen LogP contribution in [0.2, 0.25) is 0 Å². The Balaban J connectivity index is 2.07. The largest absolute Gasteiger partial charge is 0.251 e. The predicted octanol–water partition coefficient (Wildman–Crippen LogP) is 4.57. The zero-order valence-corrected chi connectivity index (χ0v) is 9.47. The van der Waals surface area contributed by atoms with Crippen molar-refractivity contribution in [2.45, 2.75) is 51.4 Å². The van der Waals surface area contributed by atoms with Crippen molar-refractivity contribution in [1.29, 1.82) is 0 Å². The highest BCUT2D eigenvalue weighted by molar-refractivity contribution is 5.26. The van der Waals surface area contributed by atoms with E-state index in [-0.39, 0.29) is 6.67 Å². The van der Waals surface area contributed by atoms with Gasteiger partial charge in [0.1, 0.15) is 0 Å². The molecule has 0 N–H and O–H groups in total. The third kappa shape index (κ3) is 2.93. The van der Waals surface area contributed by atoms with E-state index < -0.39 is 0 Å². The Morgan fingerprint density at radius 2 is 2.00 bits per heavy atom. The van der Waals surface area contributed by atoms with E-state index in [4.69, 9.17) is 0 Å². The van der Waals surface area contributed by atoms with E-state index in [2.05, 4.69) is 12.2 Å². The van der Waals surface area contributed by atoms with Crippen LogP contribution < -0.4 is 0 Å². The third-order valence-corrected chi connectivity index (χ3v) is 3.75. The van der Waals surface area contributed by atoms with Gasteiger partial charge in [0, 0.05) is 0 Å². The zero-order chi connectivity index (χ0) is 10.5. The maximum Gasteiger partial charge on any atom is 0.0931 e. The van der Waals surface area contributed by atoms with Crippen molar-refractivity contribution in [2.24, 2.45) is 5.92 Å². The average Bonchev–Trinajstić information content (AvgIpc) is 2.34. The van der Waals surface area contributed by atoms with Gasteiger partial charge in [-0.3, -0.25) is 4.39 Å². The van der Waals surface area contributed by atoms with Gasteiger partial charge in [-0.25, -0.2) is 0 Å². The molecule has 0 aromatic carbocycles. The van der Waals surface area contributed by atoms with Gasteiger partial charge in [0.05, 0.1) is 6.67 Å². The molecule has 0 radical (unpaired) electrons. The summed E-state index contributed by atoms with van der Waals surface area (Å²) in [5, 5.41) is 0. The second-order valence-corrected chi connectivity index (χ2v) is 4.86. The first-order valence-electron chi connectivity index (χ1n) is 6.34. The summed E-state index contributed by atoms with van der Waals surface area (Å²) in [6, 6.07) is 0. The minimum Gasteiger partial charge on any atom is -0.251 e. The molecule has 0 saturated heterocycles. The summed E-state index contributed by atoms with van der Waals surface area (Å²) >= 11 is 0. The topological polar surface area (TPSA) is 0 Å². The molecule has 0 nitrogen and oxygen atoms in total. The van der Waals surface area contributed by atoms with Gasteiger partial charge in [0.15, 0.2) is 0 Å². The molecule has 1 saturated carbocycles. The van der Waals surface area contributed by atoms with Crippen molar-refractivity contribution in [3.05, 3.63) is 23.3 Å². The lowest BCUT2D eigenvalue weighted by molar-refractivity contribution is 0.448. The number of hydrogen-bond donors (Lipinski definition) is 0. The Morgan fingerprint density at radius 1 is 1.13 bits per heavy atom. The van der Waals surface area contributed by atoms with Crippen molar-refractivity contribution in [3.63, 3.8) is 0 Å². The van der Waals surface area contributed by atoms with Crippen LogP contribution in [0.1, 0.15) is 51.4 Å². The van der Waals surface area contributed by atoms with E-state index in [1.54, 1.807) is 5.57 Å². The fourth-order valence-electron chi connectivity index (χ4n) is 2.84. The molecule has 2 aliphatic rings. The SMILES string of the molecule is FCCC1=CC=C2CCCCCCC1C2. The first kappa shape index (κ1) is 10.9. The second kappa shape index (κ2) is 5.48. The van der Waals surface area contributed by atoms with Crippen molar-refractivity contribution in [2.75, 3.05) is 6.67 Å². The van der Waals surface area contributed by atoms with E-state index in [0.29, 0.717) is 12.3 Å². The molecule has 0 spiro atoms. The number of alkyl halides is 1.